The lowest BCUT2D eigenvalue weighted by Gasteiger charge is -2.12. The Morgan fingerprint density at radius 3 is 2.46 bits per heavy atom. The summed E-state index contributed by atoms with van der Waals surface area (Å²) in [4.78, 5) is 17.1. The normalized spacial score (nSPS) is 11.9. The standard InChI is InChI=1S/C17H12F3N5O2S/c1-23-9-21-14-15(23)13(10-6-22-25(28)7-10)8-24(16(14)26)11-2-4-12(5-3-11)27-17(18,19)20/h2-9,28H,1H3. The van der Waals surface area contributed by atoms with E-state index in [4.69, 9.17) is 0 Å². The van der Waals surface area contributed by atoms with Crippen molar-refractivity contribution in [2.24, 2.45) is 7.05 Å². The highest BCUT2D eigenvalue weighted by molar-refractivity contribution is 7.78. The van der Waals surface area contributed by atoms with Crippen LogP contribution < -0.4 is 10.3 Å². The van der Waals surface area contributed by atoms with E-state index < -0.39 is 11.9 Å². The second kappa shape index (κ2) is 6.44. The predicted octanol–water partition coefficient (Wildman–Crippen LogP) is 3.18. The maximum Gasteiger partial charge on any atom is 0.573 e. The van der Waals surface area contributed by atoms with Crippen LogP contribution in [0.25, 0.3) is 27.8 Å². The third kappa shape index (κ3) is 3.24. The number of halogens is 3. The number of ether oxygens (including phenoxy) is 1. The fourth-order valence-corrected chi connectivity index (χ4v) is 3.11. The summed E-state index contributed by atoms with van der Waals surface area (Å²) >= 11 is 4.13. The van der Waals surface area contributed by atoms with Gasteiger partial charge in [0.2, 0.25) is 0 Å². The molecule has 7 nitrogen and oxygen atoms in total. The molecule has 4 rings (SSSR count). The number of hydrogen-bond acceptors (Lipinski definition) is 5. The number of aryl methyl sites for hydroxylation is 1. The quantitative estimate of drug-likeness (QED) is 0.530. The van der Waals surface area contributed by atoms with Crippen LogP contribution in [0.3, 0.4) is 0 Å². The molecular formula is C17H12F3N5O2S. The van der Waals surface area contributed by atoms with Gasteiger partial charge in [0.25, 0.3) is 5.56 Å². The minimum absolute atomic E-state index is 0.225. The fourth-order valence-electron chi connectivity index (χ4n) is 2.93. The topological polar surface area (TPSA) is 66.9 Å². The summed E-state index contributed by atoms with van der Waals surface area (Å²) < 4.78 is 45.3. The summed E-state index contributed by atoms with van der Waals surface area (Å²) in [5.74, 6) is -0.375. The molecule has 0 saturated carbocycles. The lowest BCUT2D eigenvalue weighted by molar-refractivity contribution is -0.274. The Balaban J connectivity index is 1.88. The zero-order chi connectivity index (χ0) is 20.1. The van der Waals surface area contributed by atoms with Crippen molar-refractivity contribution in [1.29, 1.82) is 0 Å². The Bertz CT molecular complexity index is 1220. The summed E-state index contributed by atoms with van der Waals surface area (Å²) in [7, 11) is 1.76. The van der Waals surface area contributed by atoms with Crippen LogP contribution in [0.2, 0.25) is 0 Å². The van der Waals surface area contributed by atoms with E-state index >= 15 is 0 Å². The van der Waals surface area contributed by atoms with Crippen molar-refractivity contribution in [3.63, 3.8) is 0 Å². The number of thiol groups is 1. The van der Waals surface area contributed by atoms with Gasteiger partial charge in [-0.05, 0) is 37.1 Å². The number of benzene rings is 1. The van der Waals surface area contributed by atoms with Crippen molar-refractivity contribution in [3.8, 4) is 22.6 Å². The summed E-state index contributed by atoms with van der Waals surface area (Å²) in [5, 5.41) is 4.03. The number of rotatable bonds is 3. The zero-order valence-electron chi connectivity index (χ0n) is 14.3. The molecular weight excluding hydrogens is 395 g/mol. The monoisotopic (exact) mass is 407 g/mol. The molecule has 0 N–H and O–H groups in total. The Hall–Kier alpha value is -3.21. The predicted molar refractivity (Wildman–Crippen MR) is 98.6 cm³/mol. The number of imidazole rings is 1. The first-order valence-electron chi connectivity index (χ1n) is 7.90. The largest absolute Gasteiger partial charge is 0.573 e. The number of hydrogen-bond donors (Lipinski definition) is 1. The number of alkyl halides is 3. The van der Waals surface area contributed by atoms with Gasteiger partial charge in [0.05, 0.1) is 18.0 Å². The fraction of sp³-hybridized carbons (Fsp3) is 0.118. The third-order valence-electron chi connectivity index (χ3n) is 4.10. The molecule has 0 saturated heterocycles. The Morgan fingerprint density at radius 1 is 1.14 bits per heavy atom. The molecule has 0 aliphatic heterocycles. The number of aromatic nitrogens is 5. The van der Waals surface area contributed by atoms with Crippen LogP contribution >= 0.6 is 12.8 Å². The molecule has 0 spiro atoms. The Labute approximate surface area is 161 Å². The van der Waals surface area contributed by atoms with Crippen molar-refractivity contribution >= 4 is 23.8 Å². The lowest BCUT2D eigenvalue weighted by Crippen LogP contribution is -2.19. The minimum Gasteiger partial charge on any atom is -0.406 e. The highest BCUT2D eigenvalue weighted by Gasteiger charge is 2.31. The lowest BCUT2D eigenvalue weighted by atomic mass is 10.1. The van der Waals surface area contributed by atoms with Crippen LogP contribution in [0, 0.1) is 0 Å². The number of fused-ring (bicyclic) bond motifs is 1. The molecule has 0 amide bonds. The van der Waals surface area contributed by atoms with Gasteiger partial charge < -0.3 is 9.30 Å². The van der Waals surface area contributed by atoms with Crippen molar-refractivity contribution in [1.82, 2.24) is 23.3 Å². The summed E-state index contributed by atoms with van der Waals surface area (Å²) in [5.41, 5.74) is 2.18. The van der Waals surface area contributed by atoms with E-state index in [0.29, 0.717) is 22.3 Å². The van der Waals surface area contributed by atoms with Crippen LogP contribution in [-0.2, 0) is 7.05 Å². The molecule has 0 unspecified atom stereocenters. The van der Waals surface area contributed by atoms with Gasteiger partial charge >= 0.3 is 6.36 Å². The summed E-state index contributed by atoms with van der Waals surface area (Å²) in [6, 6.07) is 5.01. The van der Waals surface area contributed by atoms with Gasteiger partial charge in [-0.25, -0.2) is 9.07 Å². The van der Waals surface area contributed by atoms with E-state index in [1.165, 1.54) is 27.1 Å². The van der Waals surface area contributed by atoms with E-state index in [-0.39, 0.29) is 11.3 Å². The van der Waals surface area contributed by atoms with Gasteiger partial charge in [-0.15, -0.1) is 13.2 Å². The SMILES string of the molecule is Cn1cnc2c(=O)n(-c3ccc(OC(F)(F)F)cc3)cc(-c3cnn(S)c3)c21. The molecule has 0 bridgehead atoms. The van der Waals surface area contributed by atoms with Crippen molar-refractivity contribution in [3.05, 3.63) is 59.5 Å². The highest BCUT2D eigenvalue weighted by Crippen LogP contribution is 2.28. The van der Waals surface area contributed by atoms with Crippen molar-refractivity contribution < 1.29 is 17.9 Å². The van der Waals surface area contributed by atoms with Gasteiger partial charge in [0, 0.05) is 36.3 Å². The van der Waals surface area contributed by atoms with Crippen LogP contribution in [0.4, 0.5) is 13.2 Å². The molecule has 28 heavy (non-hydrogen) atoms. The van der Waals surface area contributed by atoms with Crippen LogP contribution in [0.15, 0.2) is 54.0 Å². The van der Waals surface area contributed by atoms with E-state index in [0.717, 1.165) is 12.1 Å². The van der Waals surface area contributed by atoms with Crippen LogP contribution in [0.5, 0.6) is 5.75 Å². The molecule has 3 heterocycles. The van der Waals surface area contributed by atoms with E-state index in [1.807, 2.05) is 0 Å². The van der Waals surface area contributed by atoms with E-state index in [9.17, 15) is 18.0 Å². The molecule has 0 atom stereocenters. The smallest absolute Gasteiger partial charge is 0.406 e. The average Bonchev–Trinajstić information content (AvgIpc) is 3.22. The number of nitrogens with zero attached hydrogens (tertiary/aromatic N) is 5. The van der Waals surface area contributed by atoms with E-state index in [2.05, 4.69) is 27.6 Å². The molecule has 1 aromatic carbocycles. The van der Waals surface area contributed by atoms with Crippen LogP contribution in [-0.4, -0.2) is 29.7 Å². The van der Waals surface area contributed by atoms with Crippen LogP contribution in [0.1, 0.15) is 0 Å². The van der Waals surface area contributed by atoms with Crippen molar-refractivity contribution in [2.75, 3.05) is 0 Å². The summed E-state index contributed by atoms with van der Waals surface area (Å²) in [6.45, 7) is 0. The zero-order valence-corrected chi connectivity index (χ0v) is 15.1. The first-order chi connectivity index (χ1) is 13.2. The second-order valence-corrected chi connectivity index (χ2v) is 6.37. The van der Waals surface area contributed by atoms with Crippen molar-refractivity contribution in [2.45, 2.75) is 6.36 Å². The molecule has 3 aromatic heterocycles. The average molecular weight is 407 g/mol. The molecule has 11 heteroatoms. The maximum absolute atomic E-state index is 12.9. The molecule has 144 valence electrons. The Kier molecular flexibility index (Phi) is 4.18. The third-order valence-corrected chi connectivity index (χ3v) is 4.32. The molecule has 0 fully saturated rings. The minimum atomic E-state index is -4.79. The van der Waals surface area contributed by atoms with Gasteiger partial charge in [-0.2, -0.15) is 5.10 Å². The first kappa shape index (κ1) is 18.2. The molecule has 0 radical (unpaired) electrons. The first-order valence-corrected chi connectivity index (χ1v) is 8.30. The maximum atomic E-state index is 12.9. The van der Waals surface area contributed by atoms with E-state index in [1.54, 1.807) is 30.2 Å². The molecule has 0 aliphatic rings. The molecule has 4 aromatic rings. The van der Waals surface area contributed by atoms with Gasteiger partial charge in [-0.3, -0.25) is 9.36 Å². The van der Waals surface area contributed by atoms with Gasteiger partial charge in [0.15, 0.2) is 5.52 Å². The molecule has 0 aliphatic carbocycles. The van der Waals surface area contributed by atoms with Gasteiger partial charge in [0.1, 0.15) is 5.75 Å². The summed E-state index contributed by atoms with van der Waals surface area (Å²) in [6.07, 6.45) is 1.58. The number of pyridine rings is 1. The second-order valence-electron chi connectivity index (χ2n) is 5.96. The van der Waals surface area contributed by atoms with Gasteiger partial charge in [-0.1, -0.05) is 0 Å². The highest BCUT2D eigenvalue weighted by atomic mass is 32.1. The Morgan fingerprint density at radius 2 is 1.86 bits per heavy atom.